The maximum absolute atomic E-state index is 11.5. The molecule has 1 aliphatic heterocycles. The van der Waals surface area contributed by atoms with Gasteiger partial charge in [0.05, 0.1) is 6.10 Å². The third kappa shape index (κ3) is 1.46. The van der Waals surface area contributed by atoms with E-state index >= 15 is 0 Å². The maximum Gasteiger partial charge on any atom is 0.225 e. The molecule has 0 spiro atoms. The molecule has 2 aliphatic rings. The van der Waals surface area contributed by atoms with Crippen molar-refractivity contribution in [3.63, 3.8) is 0 Å². The number of ether oxygens (including phenoxy) is 1. The fraction of sp³-hybridized carbons (Fsp3) is 0.889. The molecule has 0 aromatic carbocycles. The summed E-state index contributed by atoms with van der Waals surface area (Å²) in [5.74, 6) is 0.718. The van der Waals surface area contributed by atoms with Gasteiger partial charge in [-0.1, -0.05) is 0 Å². The van der Waals surface area contributed by atoms with E-state index in [1.807, 2.05) is 4.90 Å². The molecule has 0 aromatic rings. The first-order valence-electron chi connectivity index (χ1n) is 4.63. The molecular formula is C9H15NO2. The van der Waals surface area contributed by atoms with Crippen molar-refractivity contribution in [3.8, 4) is 0 Å². The minimum atomic E-state index is 0.285. The van der Waals surface area contributed by atoms with E-state index in [9.17, 15) is 4.79 Å². The van der Waals surface area contributed by atoms with Crippen molar-refractivity contribution in [1.82, 2.24) is 4.90 Å². The molecule has 0 N–H and O–H groups in total. The van der Waals surface area contributed by atoms with Gasteiger partial charge in [-0.2, -0.15) is 0 Å². The van der Waals surface area contributed by atoms with Crippen molar-refractivity contribution in [1.29, 1.82) is 0 Å². The number of nitrogens with zero attached hydrogens (tertiary/aromatic N) is 1. The van der Waals surface area contributed by atoms with E-state index in [1.165, 1.54) is 0 Å². The first-order valence-corrected chi connectivity index (χ1v) is 4.63. The molecular weight excluding hydrogens is 154 g/mol. The first kappa shape index (κ1) is 8.05. The number of carbonyl (C=O) groups is 1. The predicted octanol–water partition coefficient (Wildman–Crippen LogP) is 0.644. The van der Waals surface area contributed by atoms with E-state index < -0.39 is 0 Å². The average Bonchev–Trinajstić information content (AvgIpc) is 2.82. The highest BCUT2D eigenvalue weighted by atomic mass is 16.5. The fourth-order valence-corrected chi connectivity index (χ4v) is 1.71. The number of rotatable bonds is 2. The summed E-state index contributed by atoms with van der Waals surface area (Å²) in [6, 6.07) is 0. The van der Waals surface area contributed by atoms with Crippen LogP contribution in [0.5, 0.6) is 0 Å². The van der Waals surface area contributed by atoms with Crippen molar-refractivity contribution in [2.45, 2.75) is 25.4 Å². The molecule has 0 radical (unpaired) electrons. The Morgan fingerprint density at radius 1 is 1.42 bits per heavy atom. The second-order valence-corrected chi connectivity index (χ2v) is 3.70. The average molecular weight is 169 g/mol. The highest BCUT2D eigenvalue weighted by Crippen LogP contribution is 2.32. The third-order valence-electron chi connectivity index (χ3n) is 2.72. The van der Waals surface area contributed by atoms with Gasteiger partial charge in [0.15, 0.2) is 0 Å². The van der Waals surface area contributed by atoms with Crippen molar-refractivity contribution in [2.75, 3.05) is 20.2 Å². The smallest absolute Gasteiger partial charge is 0.225 e. The quantitative estimate of drug-likeness (QED) is 0.607. The zero-order chi connectivity index (χ0) is 8.55. The number of hydrogen-bond donors (Lipinski definition) is 0. The molecule has 3 nitrogen and oxygen atoms in total. The summed E-state index contributed by atoms with van der Waals surface area (Å²) in [6.07, 6.45) is 3.50. The summed E-state index contributed by atoms with van der Waals surface area (Å²) in [7, 11) is 1.72. The molecule has 0 unspecified atom stereocenters. The van der Waals surface area contributed by atoms with Crippen LogP contribution in [0.3, 0.4) is 0 Å². The minimum absolute atomic E-state index is 0.285. The van der Waals surface area contributed by atoms with Crippen LogP contribution in [0.4, 0.5) is 0 Å². The Morgan fingerprint density at radius 3 is 2.67 bits per heavy atom. The van der Waals surface area contributed by atoms with E-state index in [0.29, 0.717) is 11.8 Å². The van der Waals surface area contributed by atoms with Gasteiger partial charge >= 0.3 is 0 Å². The van der Waals surface area contributed by atoms with Crippen LogP contribution >= 0.6 is 0 Å². The van der Waals surface area contributed by atoms with Crippen LogP contribution in [-0.4, -0.2) is 37.1 Å². The first-order chi connectivity index (χ1) is 5.81. The Bertz CT molecular complexity index is 189. The van der Waals surface area contributed by atoms with Gasteiger partial charge in [-0.05, 0) is 19.3 Å². The Hall–Kier alpha value is -0.570. The van der Waals surface area contributed by atoms with E-state index in [-0.39, 0.29) is 6.10 Å². The highest BCUT2D eigenvalue weighted by molar-refractivity contribution is 5.81. The lowest BCUT2D eigenvalue weighted by atomic mass is 10.3. The normalized spacial score (nSPS) is 29.4. The van der Waals surface area contributed by atoms with Gasteiger partial charge in [0, 0.05) is 26.1 Å². The molecule has 1 saturated carbocycles. The molecule has 68 valence electrons. The standard InChI is InChI=1S/C9H15NO2/c1-12-8-4-5-10(6-8)9(11)7-2-3-7/h7-8H,2-6H2,1H3/t8-/m0/s1. The van der Waals surface area contributed by atoms with Crippen LogP contribution in [0.15, 0.2) is 0 Å². The van der Waals surface area contributed by atoms with E-state index in [4.69, 9.17) is 4.74 Å². The van der Waals surface area contributed by atoms with Gasteiger partial charge < -0.3 is 9.64 Å². The third-order valence-corrected chi connectivity index (χ3v) is 2.72. The summed E-state index contributed by atoms with van der Waals surface area (Å²) < 4.78 is 5.20. The van der Waals surface area contributed by atoms with E-state index in [1.54, 1.807) is 7.11 Å². The Balaban J connectivity index is 1.85. The van der Waals surface area contributed by atoms with E-state index in [2.05, 4.69) is 0 Å². The van der Waals surface area contributed by atoms with Gasteiger partial charge in [0.2, 0.25) is 5.91 Å². The van der Waals surface area contributed by atoms with Gasteiger partial charge in [-0.3, -0.25) is 4.79 Å². The predicted molar refractivity (Wildman–Crippen MR) is 44.7 cm³/mol. The molecule has 1 aliphatic carbocycles. The summed E-state index contributed by atoms with van der Waals surface area (Å²) >= 11 is 0. The Morgan fingerprint density at radius 2 is 2.17 bits per heavy atom. The molecule has 1 heterocycles. The van der Waals surface area contributed by atoms with Crippen LogP contribution in [0.2, 0.25) is 0 Å². The SMILES string of the molecule is CO[C@H]1CCN(C(=O)C2CC2)C1. The maximum atomic E-state index is 11.5. The highest BCUT2D eigenvalue weighted by Gasteiger charge is 2.36. The molecule has 12 heavy (non-hydrogen) atoms. The number of amides is 1. The fourth-order valence-electron chi connectivity index (χ4n) is 1.71. The lowest BCUT2D eigenvalue weighted by Gasteiger charge is -2.15. The van der Waals surface area contributed by atoms with Gasteiger partial charge in [-0.15, -0.1) is 0 Å². The van der Waals surface area contributed by atoms with Crippen LogP contribution in [-0.2, 0) is 9.53 Å². The van der Waals surface area contributed by atoms with Crippen LogP contribution in [0, 0.1) is 5.92 Å². The summed E-state index contributed by atoms with van der Waals surface area (Å²) in [5, 5.41) is 0. The number of methoxy groups -OCH3 is 1. The topological polar surface area (TPSA) is 29.5 Å². The summed E-state index contributed by atoms with van der Waals surface area (Å²) in [4.78, 5) is 13.5. The molecule has 1 atom stereocenters. The van der Waals surface area contributed by atoms with Crippen LogP contribution in [0.25, 0.3) is 0 Å². The monoisotopic (exact) mass is 169 g/mol. The summed E-state index contributed by atoms with van der Waals surface area (Å²) in [5.41, 5.74) is 0. The molecule has 3 heteroatoms. The number of likely N-dealkylation sites (tertiary alicyclic amines) is 1. The number of carbonyl (C=O) groups excluding carboxylic acids is 1. The second kappa shape index (κ2) is 3.05. The lowest BCUT2D eigenvalue weighted by Crippen LogP contribution is -2.31. The van der Waals surface area contributed by atoms with E-state index in [0.717, 1.165) is 32.4 Å². The largest absolute Gasteiger partial charge is 0.380 e. The van der Waals surface area contributed by atoms with Crippen LogP contribution < -0.4 is 0 Å². The summed E-state index contributed by atoms with van der Waals surface area (Å²) in [6.45, 7) is 1.71. The van der Waals surface area contributed by atoms with Gasteiger partial charge in [0.25, 0.3) is 0 Å². The zero-order valence-corrected chi connectivity index (χ0v) is 7.45. The van der Waals surface area contributed by atoms with Crippen molar-refractivity contribution in [2.24, 2.45) is 5.92 Å². The molecule has 0 bridgehead atoms. The second-order valence-electron chi connectivity index (χ2n) is 3.70. The molecule has 2 rings (SSSR count). The van der Waals surface area contributed by atoms with Gasteiger partial charge in [-0.25, -0.2) is 0 Å². The van der Waals surface area contributed by atoms with Crippen molar-refractivity contribution >= 4 is 5.91 Å². The molecule has 1 amide bonds. The Labute approximate surface area is 72.7 Å². The molecule has 1 saturated heterocycles. The molecule has 2 fully saturated rings. The van der Waals surface area contributed by atoms with Crippen molar-refractivity contribution in [3.05, 3.63) is 0 Å². The van der Waals surface area contributed by atoms with Crippen LogP contribution in [0.1, 0.15) is 19.3 Å². The van der Waals surface area contributed by atoms with Gasteiger partial charge in [0.1, 0.15) is 0 Å². The Kier molecular flexibility index (Phi) is 2.05. The zero-order valence-electron chi connectivity index (χ0n) is 7.45. The van der Waals surface area contributed by atoms with Crippen molar-refractivity contribution < 1.29 is 9.53 Å². The molecule has 0 aromatic heterocycles. The lowest BCUT2D eigenvalue weighted by molar-refractivity contribution is -0.131. The number of hydrogen-bond acceptors (Lipinski definition) is 2. The minimum Gasteiger partial charge on any atom is -0.380 e.